The Balaban J connectivity index is 1.78. The van der Waals surface area contributed by atoms with E-state index in [-0.39, 0.29) is 18.0 Å². The predicted molar refractivity (Wildman–Crippen MR) is 113 cm³/mol. The number of amides is 3. The number of fused-ring (bicyclic) bond motifs is 1. The van der Waals surface area contributed by atoms with Gasteiger partial charge in [0.2, 0.25) is 5.54 Å². The molecule has 3 amide bonds. The van der Waals surface area contributed by atoms with E-state index >= 15 is 0 Å². The lowest BCUT2D eigenvalue weighted by molar-refractivity contribution is -0.122. The van der Waals surface area contributed by atoms with Crippen LogP contribution in [0.4, 0.5) is 4.79 Å². The van der Waals surface area contributed by atoms with Crippen molar-refractivity contribution in [3.8, 4) is 23.5 Å². The second kappa shape index (κ2) is 7.25. The molecule has 4 rings (SSSR count). The highest BCUT2D eigenvalue weighted by atomic mass is 16.5. The van der Waals surface area contributed by atoms with Crippen molar-refractivity contribution in [3.05, 3.63) is 58.1 Å². The zero-order valence-electron chi connectivity index (χ0n) is 17.1. The van der Waals surface area contributed by atoms with Gasteiger partial charge < -0.3 is 24.3 Å². The van der Waals surface area contributed by atoms with Crippen molar-refractivity contribution in [3.63, 3.8) is 0 Å². The number of imide groups is 1. The summed E-state index contributed by atoms with van der Waals surface area (Å²) in [5, 5.41) is 16.8. The third kappa shape index (κ3) is 3.48. The Morgan fingerprint density at radius 2 is 1.97 bits per heavy atom. The predicted octanol–water partition coefficient (Wildman–Crippen LogP) is 0.993. The van der Waals surface area contributed by atoms with Crippen molar-refractivity contribution in [1.29, 1.82) is 0 Å². The van der Waals surface area contributed by atoms with Crippen LogP contribution in [0.25, 0.3) is 10.8 Å². The van der Waals surface area contributed by atoms with Crippen LogP contribution in [0.1, 0.15) is 11.1 Å². The number of benzene rings is 1. The summed E-state index contributed by atoms with van der Waals surface area (Å²) in [7, 11) is 3.14. The third-order valence-electron chi connectivity index (χ3n) is 5.20. The van der Waals surface area contributed by atoms with Gasteiger partial charge in [0.15, 0.2) is 5.88 Å². The van der Waals surface area contributed by atoms with Crippen LogP contribution in [0, 0.1) is 18.8 Å². The van der Waals surface area contributed by atoms with E-state index in [9.17, 15) is 19.5 Å². The number of pyridine rings is 1. The number of carbonyl (C=O) groups is 2. The van der Waals surface area contributed by atoms with E-state index in [2.05, 4.69) is 22.5 Å². The first kappa shape index (κ1) is 20.1. The number of aromatic nitrogens is 2. The number of ether oxygens (including phenoxy) is 1. The molecule has 1 aliphatic rings. The molecule has 0 bridgehead atoms. The zero-order valence-corrected chi connectivity index (χ0v) is 17.1. The lowest BCUT2D eigenvalue weighted by Gasteiger charge is -2.20. The van der Waals surface area contributed by atoms with Crippen molar-refractivity contribution in [1.82, 2.24) is 19.8 Å². The van der Waals surface area contributed by atoms with Crippen molar-refractivity contribution in [2.45, 2.75) is 19.0 Å². The minimum atomic E-state index is -1.60. The standard InChI is InChI=1S/C22H20N4O5/c1-13-8-14(10-25(2)18(13)27)6-7-22(20(29)23-21(30)24-22)12-26-11-15-4-5-16(31-3)9-17(15)19(26)28/h4-5,8-11,28H,12H2,1-3H3,(H2,23,24,29,30)/t22-/m1/s1. The Kier molecular flexibility index (Phi) is 4.70. The summed E-state index contributed by atoms with van der Waals surface area (Å²) < 4.78 is 8.05. The Hall–Kier alpha value is -4.19. The second-order valence-corrected chi connectivity index (χ2v) is 7.43. The molecule has 0 radical (unpaired) electrons. The molecule has 0 unspecified atom stereocenters. The number of carbonyl (C=O) groups excluding carboxylic acids is 2. The molecular weight excluding hydrogens is 400 g/mol. The molecule has 0 spiro atoms. The first-order chi connectivity index (χ1) is 14.7. The van der Waals surface area contributed by atoms with E-state index in [1.807, 2.05) is 0 Å². The fourth-order valence-electron chi connectivity index (χ4n) is 3.58. The van der Waals surface area contributed by atoms with Crippen LogP contribution in [-0.4, -0.2) is 38.8 Å². The van der Waals surface area contributed by atoms with Gasteiger partial charge in [-0.2, -0.15) is 0 Å². The van der Waals surface area contributed by atoms with Crippen LogP contribution >= 0.6 is 0 Å². The van der Waals surface area contributed by atoms with E-state index in [1.54, 1.807) is 50.6 Å². The summed E-state index contributed by atoms with van der Waals surface area (Å²) in [6.45, 7) is 1.55. The molecular formula is C22H20N4O5. The molecule has 0 aliphatic carbocycles. The third-order valence-corrected chi connectivity index (χ3v) is 5.20. The van der Waals surface area contributed by atoms with Crippen LogP contribution in [0.3, 0.4) is 0 Å². The lowest BCUT2D eigenvalue weighted by Crippen LogP contribution is -2.49. The fourth-order valence-corrected chi connectivity index (χ4v) is 3.58. The summed E-state index contributed by atoms with van der Waals surface area (Å²) >= 11 is 0. The first-order valence-electron chi connectivity index (χ1n) is 9.42. The SMILES string of the molecule is COc1ccc2cn(C[C@@]3(C#Cc4cc(C)c(=O)n(C)c4)NC(=O)NC3=O)c(O)c2c1. The van der Waals surface area contributed by atoms with Gasteiger partial charge in [0.25, 0.3) is 11.5 Å². The van der Waals surface area contributed by atoms with Gasteiger partial charge in [-0.05, 0) is 31.2 Å². The molecule has 2 aromatic heterocycles. The van der Waals surface area contributed by atoms with E-state index in [0.29, 0.717) is 22.3 Å². The molecule has 3 aromatic rings. The van der Waals surface area contributed by atoms with E-state index in [0.717, 1.165) is 5.39 Å². The minimum absolute atomic E-state index is 0.0815. The van der Waals surface area contributed by atoms with Gasteiger partial charge >= 0.3 is 6.03 Å². The Bertz CT molecular complexity index is 1330. The van der Waals surface area contributed by atoms with E-state index < -0.39 is 17.5 Å². The largest absolute Gasteiger partial charge is 0.497 e. The summed E-state index contributed by atoms with van der Waals surface area (Å²) in [6.07, 6.45) is 3.22. The van der Waals surface area contributed by atoms with Gasteiger partial charge in [0, 0.05) is 41.3 Å². The molecule has 1 aliphatic heterocycles. The summed E-state index contributed by atoms with van der Waals surface area (Å²) in [6, 6.07) is 6.16. The van der Waals surface area contributed by atoms with Gasteiger partial charge in [0.05, 0.1) is 13.7 Å². The normalized spacial score (nSPS) is 17.8. The molecule has 1 atom stereocenters. The molecule has 9 heteroatoms. The topological polar surface area (TPSA) is 115 Å². The number of rotatable bonds is 3. The van der Waals surface area contributed by atoms with Gasteiger partial charge in [-0.15, -0.1) is 0 Å². The minimum Gasteiger partial charge on any atom is -0.497 e. The van der Waals surface area contributed by atoms with Crippen molar-refractivity contribution < 1.29 is 19.4 Å². The molecule has 3 N–H and O–H groups in total. The van der Waals surface area contributed by atoms with Crippen LogP contribution in [0.5, 0.6) is 11.6 Å². The summed E-state index contributed by atoms with van der Waals surface area (Å²) in [5.74, 6) is 5.59. The summed E-state index contributed by atoms with van der Waals surface area (Å²) in [5.41, 5.74) is -0.728. The number of aryl methyl sites for hydroxylation is 2. The van der Waals surface area contributed by atoms with Gasteiger partial charge in [-0.25, -0.2) is 4.79 Å². The number of hydrogen-bond acceptors (Lipinski definition) is 5. The van der Waals surface area contributed by atoms with Gasteiger partial charge in [-0.1, -0.05) is 11.8 Å². The van der Waals surface area contributed by atoms with Crippen LogP contribution in [0.2, 0.25) is 0 Å². The molecule has 9 nitrogen and oxygen atoms in total. The molecule has 1 saturated heterocycles. The van der Waals surface area contributed by atoms with E-state index in [4.69, 9.17) is 4.74 Å². The average Bonchev–Trinajstić information content (AvgIpc) is 3.19. The first-order valence-corrected chi connectivity index (χ1v) is 9.42. The Morgan fingerprint density at radius 3 is 2.61 bits per heavy atom. The van der Waals surface area contributed by atoms with E-state index in [1.165, 1.54) is 16.2 Å². The Morgan fingerprint density at radius 1 is 1.19 bits per heavy atom. The molecule has 31 heavy (non-hydrogen) atoms. The lowest BCUT2D eigenvalue weighted by atomic mass is 10.00. The quantitative estimate of drug-likeness (QED) is 0.432. The van der Waals surface area contributed by atoms with Crippen LogP contribution in [-0.2, 0) is 18.4 Å². The number of nitrogens with zero attached hydrogens (tertiary/aromatic N) is 2. The number of methoxy groups -OCH3 is 1. The highest BCUT2D eigenvalue weighted by molar-refractivity contribution is 6.09. The number of urea groups is 1. The van der Waals surface area contributed by atoms with Crippen molar-refractivity contribution >= 4 is 22.7 Å². The number of hydrogen-bond donors (Lipinski definition) is 3. The molecule has 3 heterocycles. The molecule has 158 valence electrons. The maximum Gasteiger partial charge on any atom is 0.323 e. The second-order valence-electron chi connectivity index (χ2n) is 7.43. The highest BCUT2D eigenvalue weighted by Gasteiger charge is 2.46. The van der Waals surface area contributed by atoms with Crippen LogP contribution < -0.4 is 20.9 Å². The van der Waals surface area contributed by atoms with Crippen molar-refractivity contribution in [2.75, 3.05) is 7.11 Å². The number of nitrogens with one attached hydrogen (secondary N) is 2. The van der Waals surface area contributed by atoms with Gasteiger partial charge in [0.1, 0.15) is 5.75 Å². The number of aromatic hydroxyl groups is 1. The molecule has 1 aromatic carbocycles. The summed E-state index contributed by atoms with van der Waals surface area (Å²) in [4.78, 5) is 36.5. The van der Waals surface area contributed by atoms with Gasteiger partial charge in [-0.3, -0.25) is 14.9 Å². The zero-order chi connectivity index (χ0) is 22.3. The molecule has 0 saturated carbocycles. The maximum absolute atomic E-state index is 12.7. The highest BCUT2D eigenvalue weighted by Crippen LogP contribution is 2.31. The fraction of sp³-hybridized carbons (Fsp3) is 0.227. The Labute approximate surface area is 177 Å². The molecule has 1 fully saturated rings. The monoisotopic (exact) mass is 420 g/mol. The van der Waals surface area contributed by atoms with Crippen LogP contribution in [0.15, 0.2) is 41.5 Å². The average molecular weight is 420 g/mol. The van der Waals surface area contributed by atoms with Crippen molar-refractivity contribution in [2.24, 2.45) is 7.05 Å². The smallest absolute Gasteiger partial charge is 0.323 e. The maximum atomic E-state index is 12.7.